The molecule has 1 aliphatic heterocycles. The fourth-order valence-corrected chi connectivity index (χ4v) is 3.57. The van der Waals surface area contributed by atoms with E-state index in [1.54, 1.807) is 7.11 Å². The molecule has 3 aromatic rings. The number of methoxy groups -OCH3 is 1. The first-order chi connectivity index (χ1) is 13.2. The third-order valence-corrected chi connectivity index (χ3v) is 4.96. The van der Waals surface area contributed by atoms with Crippen LogP contribution >= 0.6 is 0 Å². The average Bonchev–Trinajstić information content (AvgIpc) is 3.11. The van der Waals surface area contributed by atoms with Gasteiger partial charge in [0.15, 0.2) is 0 Å². The van der Waals surface area contributed by atoms with Crippen molar-refractivity contribution in [2.75, 3.05) is 20.2 Å². The van der Waals surface area contributed by atoms with E-state index in [0.717, 1.165) is 55.4 Å². The highest BCUT2D eigenvalue weighted by Gasteiger charge is 2.25. The molecule has 2 aromatic heterocycles. The van der Waals surface area contributed by atoms with E-state index < -0.39 is 0 Å². The molecule has 0 spiro atoms. The van der Waals surface area contributed by atoms with Crippen molar-refractivity contribution < 1.29 is 4.74 Å². The second-order valence-corrected chi connectivity index (χ2v) is 6.82. The lowest BCUT2D eigenvalue weighted by Gasteiger charge is -2.31. The topological polar surface area (TPSA) is 76.0 Å². The molecule has 1 atom stereocenters. The summed E-state index contributed by atoms with van der Waals surface area (Å²) in [7, 11) is 1.62. The van der Waals surface area contributed by atoms with Gasteiger partial charge in [-0.05, 0) is 55.8 Å². The van der Waals surface area contributed by atoms with Crippen LogP contribution in [0.3, 0.4) is 0 Å². The lowest BCUT2D eigenvalue weighted by atomic mass is 9.97. The van der Waals surface area contributed by atoms with Crippen LogP contribution in [0.25, 0.3) is 5.69 Å². The fourth-order valence-electron chi connectivity index (χ4n) is 3.57. The van der Waals surface area contributed by atoms with Gasteiger partial charge in [0.05, 0.1) is 18.5 Å². The minimum atomic E-state index is -0.211. The first kappa shape index (κ1) is 17.5. The smallest absolute Gasteiger partial charge is 0.348 e. The quantitative estimate of drug-likeness (QED) is 0.751. The van der Waals surface area contributed by atoms with Crippen LogP contribution in [0, 0.1) is 0 Å². The molecule has 1 fully saturated rings. The number of hydrogen-bond acceptors (Lipinski definition) is 5. The number of hydrogen-bond donors (Lipinski definition) is 1. The standard InChI is InChI=1S/C20H23N5O2/c1-27-18-9-7-17(8-10-18)25-20(26)22-19(23-25)15-5-4-12-24(13-15)14-16-6-2-3-11-21-16/h2-3,6-11,15H,4-5,12-14H2,1H3,(H,22,23,26). The number of H-pyrrole nitrogens is 1. The van der Waals surface area contributed by atoms with Crippen LogP contribution in [-0.4, -0.2) is 44.8 Å². The fraction of sp³-hybridized carbons (Fsp3) is 0.350. The number of pyridine rings is 1. The molecule has 1 unspecified atom stereocenters. The van der Waals surface area contributed by atoms with Gasteiger partial charge < -0.3 is 4.74 Å². The van der Waals surface area contributed by atoms with Crippen molar-refractivity contribution in [3.63, 3.8) is 0 Å². The molecule has 0 bridgehead atoms. The van der Waals surface area contributed by atoms with Gasteiger partial charge in [0.1, 0.15) is 11.6 Å². The summed E-state index contributed by atoms with van der Waals surface area (Å²) in [5.41, 5.74) is 1.58. The van der Waals surface area contributed by atoms with E-state index in [4.69, 9.17) is 4.74 Å². The maximum Gasteiger partial charge on any atom is 0.348 e. The molecular weight excluding hydrogens is 342 g/mol. The molecule has 1 saturated heterocycles. The van der Waals surface area contributed by atoms with E-state index in [9.17, 15) is 4.79 Å². The third-order valence-electron chi connectivity index (χ3n) is 4.96. The van der Waals surface area contributed by atoms with Gasteiger partial charge in [-0.3, -0.25) is 14.9 Å². The SMILES string of the molecule is COc1ccc(-n2nc(C3CCCN(Cc4ccccn4)C3)[nH]c2=O)cc1. The van der Waals surface area contributed by atoms with Crippen molar-refractivity contribution in [2.24, 2.45) is 0 Å². The number of likely N-dealkylation sites (tertiary alicyclic amines) is 1. The zero-order chi connectivity index (χ0) is 18.6. The van der Waals surface area contributed by atoms with Crippen molar-refractivity contribution in [2.45, 2.75) is 25.3 Å². The lowest BCUT2D eigenvalue weighted by Crippen LogP contribution is -2.34. The molecule has 7 nitrogen and oxygen atoms in total. The van der Waals surface area contributed by atoms with Crippen LogP contribution in [0.15, 0.2) is 53.5 Å². The predicted octanol–water partition coefficient (Wildman–Crippen LogP) is 2.34. The van der Waals surface area contributed by atoms with Crippen molar-refractivity contribution >= 4 is 0 Å². The Kier molecular flexibility index (Phi) is 5.02. The first-order valence-electron chi connectivity index (χ1n) is 9.19. The summed E-state index contributed by atoms with van der Waals surface area (Å²) in [6, 6.07) is 13.3. The molecule has 0 aliphatic carbocycles. The Morgan fingerprint density at radius 3 is 2.81 bits per heavy atom. The van der Waals surface area contributed by atoms with Crippen LogP contribution in [0.4, 0.5) is 0 Å². The summed E-state index contributed by atoms with van der Waals surface area (Å²) >= 11 is 0. The van der Waals surface area contributed by atoms with E-state index in [1.165, 1.54) is 4.68 Å². The van der Waals surface area contributed by atoms with Gasteiger partial charge in [0.25, 0.3) is 0 Å². The van der Waals surface area contributed by atoms with Gasteiger partial charge in [0.2, 0.25) is 0 Å². The minimum absolute atomic E-state index is 0.211. The van der Waals surface area contributed by atoms with E-state index in [1.807, 2.05) is 48.7 Å². The number of nitrogens with zero attached hydrogens (tertiary/aromatic N) is 4. The average molecular weight is 365 g/mol. The number of aromatic nitrogens is 4. The van der Waals surface area contributed by atoms with Crippen molar-refractivity contribution in [1.82, 2.24) is 24.6 Å². The molecule has 7 heteroatoms. The Hall–Kier alpha value is -2.93. The second-order valence-electron chi connectivity index (χ2n) is 6.82. The van der Waals surface area contributed by atoms with E-state index in [-0.39, 0.29) is 11.6 Å². The van der Waals surface area contributed by atoms with Gasteiger partial charge in [0, 0.05) is 25.2 Å². The van der Waals surface area contributed by atoms with E-state index in [0.29, 0.717) is 0 Å². The summed E-state index contributed by atoms with van der Waals surface area (Å²) in [4.78, 5) is 22.1. The summed E-state index contributed by atoms with van der Waals surface area (Å²) in [5, 5.41) is 4.57. The maximum absolute atomic E-state index is 12.4. The summed E-state index contributed by atoms with van der Waals surface area (Å²) in [6.07, 6.45) is 3.92. The Bertz CT molecular complexity index is 933. The predicted molar refractivity (Wildman–Crippen MR) is 102 cm³/mol. The summed E-state index contributed by atoms with van der Waals surface area (Å²) in [5.74, 6) is 1.72. The number of nitrogens with one attached hydrogen (secondary N) is 1. The van der Waals surface area contributed by atoms with Crippen molar-refractivity contribution in [1.29, 1.82) is 0 Å². The third kappa shape index (κ3) is 3.93. The Morgan fingerprint density at radius 1 is 1.22 bits per heavy atom. The highest BCUT2D eigenvalue weighted by Crippen LogP contribution is 2.25. The number of ether oxygens (including phenoxy) is 1. The number of rotatable bonds is 5. The normalized spacial score (nSPS) is 17.7. The monoisotopic (exact) mass is 365 g/mol. The molecule has 0 saturated carbocycles. The van der Waals surface area contributed by atoms with Crippen LogP contribution in [0.1, 0.15) is 30.3 Å². The molecule has 0 amide bonds. The molecule has 27 heavy (non-hydrogen) atoms. The zero-order valence-electron chi connectivity index (χ0n) is 15.3. The largest absolute Gasteiger partial charge is 0.497 e. The minimum Gasteiger partial charge on any atom is -0.497 e. The van der Waals surface area contributed by atoms with Gasteiger partial charge in [-0.1, -0.05) is 6.07 Å². The van der Waals surface area contributed by atoms with Gasteiger partial charge in [-0.25, -0.2) is 4.79 Å². The molecule has 4 rings (SSSR count). The Balaban J connectivity index is 1.50. The van der Waals surface area contributed by atoms with Crippen LogP contribution in [-0.2, 0) is 6.54 Å². The maximum atomic E-state index is 12.4. The Morgan fingerprint density at radius 2 is 2.07 bits per heavy atom. The molecule has 3 heterocycles. The summed E-state index contributed by atoms with van der Waals surface area (Å²) < 4.78 is 6.59. The van der Waals surface area contributed by atoms with Crippen LogP contribution in [0.5, 0.6) is 5.75 Å². The van der Waals surface area contributed by atoms with Crippen LogP contribution in [0.2, 0.25) is 0 Å². The van der Waals surface area contributed by atoms with E-state index >= 15 is 0 Å². The van der Waals surface area contributed by atoms with Crippen LogP contribution < -0.4 is 10.4 Å². The number of piperidine rings is 1. The molecule has 1 N–H and O–H groups in total. The molecule has 1 aromatic carbocycles. The molecule has 0 radical (unpaired) electrons. The molecule has 1 aliphatic rings. The number of benzene rings is 1. The van der Waals surface area contributed by atoms with Crippen molar-refractivity contribution in [3.8, 4) is 11.4 Å². The lowest BCUT2D eigenvalue weighted by molar-refractivity contribution is 0.194. The highest BCUT2D eigenvalue weighted by molar-refractivity contribution is 5.36. The second kappa shape index (κ2) is 7.75. The van der Waals surface area contributed by atoms with Gasteiger partial charge >= 0.3 is 5.69 Å². The van der Waals surface area contributed by atoms with Gasteiger partial charge in [-0.2, -0.15) is 4.68 Å². The molecular formula is C20H23N5O2. The highest BCUT2D eigenvalue weighted by atomic mass is 16.5. The van der Waals surface area contributed by atoms with Gasteiger partial charge in [-0.15, -0.1) is 5.10 Å². The van der Waals surface area contributed by atoms with Crippen molar-refractivity contribution in [3.05, 3.63) is 70.7 Å². The summed E-state index contributed by atoms with van der Waals surface area (Å²) in [6.45, 7) is 2.73. The van der Waals surface area contributed by atoms with E-state index in [2.05, 4.69) is 20.0 Å². The molecule has 140 valence electrons. The zero-order valence-corrected chi connectivity index (χ0v) is 15.3. The first-order valence-corrected chi connectivity index (χ1v) is 9.19. The number of aromatic amines is 1. The Labute approximate surface area is 157 Å².